The molecule has 1 aliphatic heterocycles. The fourth-order valence-electron chi connectivity index (χ4n) is 2.79. The molecule has 150 valence electrons. The second kappa shape index (κ2) is 9.07. The minimum atomic E-state index is -3.64. The van der Waals surface area contributed by atoms with Crippen LogP contribution < -0.4 is 10.2 Å². The predicted molar refractivity (Wildman–Crippen MR) is 108 cm³/mol. The third-order valence-corrected chi connectivity index (χ3v) is 7.63. The van der Waals surface area contributed by atoms with E-state index in [0.29, 0.717) is 18.8 Å². The maximum atomic E-state index is 12.8. The van der Waals surface area contributed by atoms with Crippen molar-refractivity contribution in [2.75, 3.05) is 30.3 Å². The van der Waals surface area contributed by atoms with E-state index in [0.717, 1.165) is 11.3 Å². The lowest BCUT2D eigenvalue weighted by Crippen LogP contribution is -2.45. The molecule has 1 aromatic carbocycles. The number of hydrogen-bond donors (Lipinski definition) is 1. The Morgan fingerprint density at radius 2 is 1.96 bits per heavy atom. The maximum Gasteiger partial charge on any atom is 0.243 e. The molecule has 0 saturated carbocycles. The monoisotopic (exact) mass is 413 g/mol. The van der Waals surface area contributed by atoms with Crippen molar-refractivity contribution in [3.8, 4) is 0 Å². The van der Waals surface area contributed by atoms with Crippen LogP contribution in [0.15, 0.2) is 28.0 Å². The van der Waals surface area contributed by atoms with Gasteiger partial charge in [-0.1, -0.05) is 20.8 Å². The molecule has 0 radical (unpaired) electrons. The van der Waals surface area contributed by atoms with Gasteiger partial charge in [-0.05, 0) is 31.5 Å². The normalized spacial score (nSPS) is 15.6. The van der Waals surface area contributed by atoms with E-state index in [1.807, 2.05) is 13.8 Å². The number of carbonyl (C=O) groups is 2. The summed E-state index contributed by atoms with van der Waals surface area (Å²) < 4.78 is 27.0. The molecule has 1 N–H and O–H groups in total. The van der Waals surface area contributed by atoms with E-state index in [-0.39, 0.29) is 35.0 Å². The van der Waals surface area contributed by atoms with E-state index in [9.17, 15) is 18.0 Å². The van der Waals surface area contributed by atoms with Crippen LogP contribution >= 0.6 is 11.8 Å². The van der Waals surface area contributed by atoms with Gasteiger partial charge in [-0.3, -0.25) is 9.59 Å². The summed E-state index contributed by atoms with van der Waals surface area (Å²) in [5, 5.41) is 2.84. The van der Waals surface area contributed by atoms with E-state index < -0.39 is 10.0 Å². The SMILES string of the molecule is CCC(C)NC(=O)CN1C(=O)CSc2ccc(S(=O)(=O)N(CC)CC)cc21. The molecule has 7 nitrogen and oxygen atoms in total. The molecule has 2 rings (SSSR count). The largest absolute Gasteiger partial charge is 0.352 e. The van der Waals surface area contributed by atoms with Gasteiger partial charge < -0.3 is 10.2 Å². The second-order valence-electron chi connectivity index (χ2n) is 6.36. The van der Waals surface area contributed by atoms with Crippen molar-refractivity contribution in [1.82, 2.24) is 9.62 Å². The Hall–Kier alpha value is -1.58. The van der Waals surface area contributed by atoms with Crippen molar-refractivity contribution < 1.29 is 18.0 Å². The highest BCUT2D eigenvalue weighted by Gasteiger charge is 2.30. The van der Waals surface area contributed by atoms with E-state index >= 15 is 0 Å². The highest BCUT2D eigenvalue weighted by molar-refractivity contribution is 8.00. The van der Waals surface area contributed by atoms with Crippen LogP contribution in [0.3, 0.4) is 0 Å². The summed E-state index contributed by atoms with van der Waals surface area (Å²) in [5.74, 6) is -0.233. The highest BCUT2D eigenvalue weighted by Crippen LogP contribution is 2.37. The summed E-state index contributed by atoms with van der Waals surface area (Å²) in [6.45, 7) is 8.04. The number of rotatable bonds is 8. The first-order valence-corrected chi connectivity index (χ1v) is 11.5. The van der Waals surface area contributed by atoms with Crippen LogP contribution in [-0.2, 0) is 19.6 Å². The Balaban J connectivity index is 2.37. The Morgan fingerprint density at radius 1 is 1.30 bits per heavy atom. The lowest BCUT2D eigenvalue weighted by molar-refractivity contribution is -0.123. The van der Waals surface area contributed by atoms with Crippen molar-refractivity contribution in [2.45, 2.75) is 49.9 Å². The van der Waals surface area contributed by atoms with Crippen molar-refractivity contribution in [3.05, 3.63) is 18.2 Å². The molecule has 0 aromatic heterocycles. The van der Waals surface area contributed by atoms with E-state index in [1.54, 1.807) is 26.0 Å². The van der Waals surface area contributed by atoms with Crippen LogP contribution in [0.1, 0.15) is 34.1 Å². The maximum absolute atomic E-state index is 12.8. The fraction of sp³-hybridized carbons (Fsp3) is 0.556. The van der Waals surface area contributed by atoms with Crippen LogP contribution in [0.4, 0.5) is 5.69 Å². The molecule has 9 heteroatoms. The molecule has 1 unspecified atom stereocenters. The number of fused-ring (bicyclic) bond motifs is 1. The van der Waals surface area contributed by atoms with Gasteiger partial charge in [-0.2, -0.15) is 4.31 Å². The molecule has 0 aliphatic carbocycles. The Kier molecular flexibility index (Phi) is 7.30. The molecule has 1 heterocycles. The lowest BCUT2D eigenvalue weighted by atomic mass is 10.2. The summed E-state index contributed by atoms with van der Waals surface area (Å²) in [6.07, 6.45) is 0.790. The van der Waals surface area contributed by atoms with Gasteiger partial charge in [0.2, 0.25) is 21.8 Å². The molecule has 2 amide bonds. The minimum absolute atomic E-state index is 0.0145. The molecular formula is C18H27N3O4S2. The zero-order valence-corrected chi connectivity index (χ0v) is 17.8. The summed E-state index contributed by atoms with van der Waals surface area (Å²) in [5.41, 5.74) is 0.476. The molecular weight excluding hydrogens is 386 g/mol. The van der Waals surface area contributed by atoms with Gasteiger partial charge in [0.15, 0.2) is 0 Å². The predicted octanol–water partition coefficient (Wildman–Crippen LogP) is 2.07. The summed E-state index contributed by atoms with van der Waals surface area (Å²) >= 11 is 1.35. The van der Waals surface area contributed by atoms with Gasteiger partial charge in [-0.25, -0.2) is 8.42 Å². The third-order valence-electron chi connectivity index (χ3n) is 4.54. The Bertz CT molecular complexity index is 807. The average Bonchev–Trinajstić information content (AvgIpc) is 2.64. The van der Waals surface area contributed by atoms with Crippen molar-refractivity contribution >= 4 is 39.3 Å². The number of carbonyl (C=O) groups excluding carboxylic acids is 2. The summed E-state index contributed by atoms with van der Waals surface area (Å²) in [6, 6.07) is 4.79. The van der Waals surface area contributed by atoms with Crippen molar-refractivity contribution in [2.24, 2.45) is 0 Å². The quantitative estimate of drug-likeness (QED) is 0.705. The lowest BCUT2D eigenvalue weighted by Gasteiger charge is -2.29. The van der Waals surface area contributed by atoms with Crippen molar-refractivity contribution in [3.63, 3.8) is 0 Å². The average molecular weight is 414 g/mol. The molecule has 1 aromatic rings. The molecule has 0 saturated heterocycles. The topological polar surface area (TPSA) is 86.8 Å². The van der Waals surface area contributed by atoms with Gasteiger partial charge in [0, 0.05) is 24.0 Å². The van der Waals surface area contributed by atoms with Gasteiger partial charge in [-0.15, -0.1) is 11.8 Å². The van der Waals surface area contributed by atoms with Crippen LogP contribution in [0.5, 0.6) is 0 Å². The number of amides is 2. The van der Waals surface area contributed by atoms with Gasteiger partial charge >= 0.3 is 0 Å². The van der Waals surface area contributed by atoms with Crippen LogP contribution in [0, 0.1) is 0 Å². The molecule has 1 atom stereocenters. The van der Waals surface area contributed by atoms with E-state index in [1.165, 1.54) is 27.0 Å². The minimum Gasteiger partial charge on any atom is -0.352 e. The zero-order valence-electron chi connectivity index (χ0n) is 16.2. The fourth-order valence-corrected chi connectivity index (χ4v) is 5.19. The summed E-state index contributed by atoms with van der Waals surface area (Å²) in [4.78, 5) is 27.0. The molecule has 1 aliphatic rings. The smallest absolute Gasteiger partial charge is 0.243 e. The summed E-state index contributed by atoms with van der Waals surface area (Å²) in [7, 11) is -3.64. The second-order valence-corrected chi connectivity index (χ2v) is 9.32. The Morgan fingerprint density at radius 3 is 2.56 bits per heavy atom. The van der Waals surface area contributed by atoms with Gasteiger partial charge in [0.25, 0.3) is 0 Å². The van der Waals surface area contributed by atoms with Crippen molar-refractivity contribution in [1.29, 1.82) is 0 Å². The third kappa shape index (κ3) is 4.83. The van der Waals surface area contributed by atoms with Crippen LogP contribution in [0.25, 0.3) is 0 Å². The van der Waals surface area contributed by atoms with Gasteiger partial charge in [0.05, 0.1) is 16.3 Å². The Labute approximate surface area is 165 Å². The number of anilines is 1. The first-order chi connectivity index (χ1) is 12.7. The first kappa shape index (κ1) is 21.7. The number of benzene rings is 1. The number of hydrogen-bond acceptors (Lipinski definition) is 5. The number of thioether (sulfide) groups is 1. The van der Waals surface area contributed by atoms with Crippen LogP contribution in [0.2, 0.25) is 0 Å². The highest BCUT2D eigenvalue weighted by atomic mass is 32.2. The van der Waals surface area contributed by atoms with Gasteiger partial charge in [0.1, 0.15) is 6.54 Å². The molecule has 0 fully saturated rings. The first-order valence-electron chi connectivity index (χ1n) is 9.11. The molecule has 0 spiro atoms. The molecule has 27 heavy (non-hydrogen) atoms. The zero-order chi connectivity index (χ0) is 20.2. The number of nitrogens with zero attached hydrogens (tertiary/aromatic N) is 2. The number of sulfonamides is 1. The molecule has 0 bridgehead atoms. The van der Waals surface area contributed by atoms with E-state index in [4.69, 9.17) is 0 Å². The number of nitrogens with one attached hydrogen (secondary N) is 1. The van der Waals surface area contributed by atoms with E-state index in [2.05, 4.69) is 5.32 Å². The standard InChI is InChI=1S/C18H27N3O4S2/c1-5-13(4)19-17(22)11-21-15-10-14(27(24,25)20(6-2)7-3)8-9-16(15)26-12-18(21)23/h8-10,13H,5-7,11-12H2,1-4H3,(H,19,22). The van der Waals surface area contributed by atoms with Crippen LogP contribution in [-0.4, -0.2) is 56.0 Å².